The van der Waals surface area contributed by atoms with Gasteiger partial charge >= 0.3 is 0 Å². The fraction of sp³-hybridized carbons (Fsp3) is 0.519. The highest BCUT2D eigenvalue weighted by atomic mass is 19.1. The number of rotatable bonds is 7. The maximum Gasteiger partial charge on any atom is 0.252 e. The fourth-order valence-electron chi connectivity index (χ4n) is 5.55. The molecule has 2 aliphatic rings. The number of hydrogen-bond acceptors (Lipinski definition) is 5. The molecule has 3 heterocycles. The second-order valence-electron chi connectivity index (χ2n) is 9.87. The lowest BCUT2D eigenvalue weighted by atomic mass is 9.84. The van der Waals surface area contributed by atoms with Crippen LogP contribution in [0.5, 0.6) is 5.88 Å². The van der Waals surface area contributed by atoms with Crippen molar-refractivity contribution in [3.8, 4) is 5.88 Å². The lowest BCUT2D eigenvalue weighted by Gasteiger charge is -2.30. The molecule has 1 aromatic carbocycles. The molecule has 0 spiro atoms. The first-order valence-corrected chi connectivity index (χ1v) is 12.7. The third kappa shape index (κ3) is 5.64. The van der Waals surface area contributed by atoms with Crippen molar-refractivity contribution in [3.05, 3.63) is 53.3 Å². The average molecular weight is 480 g/mol. The number of amides is 1. The predicted octanol–water partition coefficient (Wildman–Crippen LogP) is 4.05. The van der Waals surface area contributed by atoms with Gasteiger partial charge in [0.25, 0.3) is 5.91 Å². The summed E-state index contributed by atoms with van der Waals surface area (Å²) in [5.41, 5.74) is 3.84. The predicted molar refractivity (Wildman–Crippen MR) is 133 cm³/mol. The van der Waals surface area contributed by atoms with E-state index in [-0.39, 0.29) is 11.9 Å². The molecule has 1 aliphatic heterocycles. The number of nitrogens with one attached hydrogen (secondary N) is 1. The Morgan fingerprint density at radius 2 is 1.97 bits per heavy atom. The Morgan fingerprint density at radius 3 is 2.80 bits per heavy atom. The summed E-state index contributed by atoms with van der Waals surface area (Å²) in [5.74, 6) is 1.09. The van der Waals surface area contributed by atoms with E-state index in [9.17, 15) is 9.18 Å². The minimum atomic E-state index is -0.843. The highest BCUT2D eigenvalue weighted by Crippen LogP contribution is 2.28. The van der Waals surface area contributed by atoms with E-state index in [0.717, 1.165) is 74.8 Å². The standard InChI is InChI=1S/C27H34FN5O2/c1-32-17-23-22(3-2-4-25(23)31-32)27(34)29-21-8-5-19(6-9-21)11-14-33-15-12-20-7-10-26(35-18-28)30-24(20)13-16-33/h2-4,7,10,17,19,21H,5-6,8-9,11-16,18H2,1H3,(H,29,34). The van der Waals surface area contributed by atoms with Crippen LogP contribution in [0.4, 0.5) is 4.39 Å². The van der Waals surface area contributed by atoms with Crippen LogP contribution in [0.3, 0.4) is 0 Å². The molecule has 186 valence electrons. The van der Waals surface area contributed by atoms with Gasteiger partial charge < -0.3 is 15.0 Å². The summed E-state index contributed by atoms with van der Waals surface area (Å²) in [6.07, 6.45) is 9.33. The third-order valence-electron chi connectivity index (χ3n) is 7.55. The van der Waals surface area contributed by atoms with Gasteiger partial charge in [-0.2, -0.15) is 5.10 Å². The monoisotopic (exact) mass is 479 g/mol. The van der Waals surface area contributed by atoms with E-state index < -0.39 is 6.86 Å². The van der Waals surface area contributed by atoms with Crippen molar-refractivity contribution in [2.24, 2.45) is 13.0 Å². The summed E-state index contributed by atoms with van der Waals surface area (Å²) < 4.78 is 19.1. The number of nitrogens with zero attached hydrogens (tertiary/aromatic N) is 4. The third-order valence-corrected chi connectivity index (χ3v) is 7.55. The summed E-state index contributed by atoms with van der Waals surface area (Å²) in [6.45, 7) is 2.25. The smallest absolute Gasteiger partial charge is 0.252 e. The molecule has 1 fully saturated rings. The molecule has 1 N–H and O–H groups in total. The van der Waals surface area contributed by atoms with Crippen LogP contribution in [0, 0.1) is 5.92 Å². The number of fused-ring (bicyclic) bond motifs is 2. The van der Waals surface area contributed by atoms with Crippen molar-refractivity contribution in [1.29, 1.82) is 0 Å². The van der Waals surface area contributed by atoms with Gasteiger partial charge in [0.05, 0.1) is 11.1 Å². The normalized spacial score (nSPS) is 20.9. The van der Waals surface area contributed by atoms with Crippen molar-refractivity contribution in [3.63, 3.8) is 0 Å². The fourth-order valence-corrected chi connectivity index (χ4v) is 5.55. The molecule has 1 saturated carbocycles. The summed E-state index contributed by atoms with van der Waals surface area (Å²) >= 11 is 0. The number of benzene rings is 1. The van der Waals surface area contributed by atoms with E-state index in [1.54, 1.807) is 10.7 Å². The second kappa shape index (κ2) is 10.7. The molecule has 0 unspecified atom stereocenters. The number of alkyl halides is 1. The lowest BCUT2D eigenvalue weighted by molar-refractivity contribution is 0.0921. The van der Waals surface area contributed by atoms with Gasteiger partial charge in [-0.15, -0.1) is 0 Å². The number of carbonyl (C=O) groups is 1. The number of pyridine rings is 1. The molecule has 2 aromatic heterocycles. The minimum Gasteiger partial charge on any atom is -0.446 e. The molecule has 7 nitrogen and oxygen atoms in total. The van der Waals surface area contributed by atoms with Gasteiger partial charge in [-0.1, -0.05) is 12.1 Å². The highest BCUT2D eigenvalue weighted by molar-refractivity contribution is 6.06. The largest absolute Gasteiger partial charge is 0.446 e. The van der Waals surface area contributed by atoms with Gasteiger partial charge in [0.2, 0.25) is 12.7 Å². The van der Waals surface area contributed by atoms with Crippen LogP contribution in [-0.2, 0) is 19.9 Å². The molecule has 1 amide bonds. The molecule has 3 aromatic rings. The number of hydrogen-bond donors (Lipinski definition) is 1. The number of aromatic nitrogens is 3. The van der Waals surface area contributed by atoms with E-state index in [1.165, 1.54) is 12.0 Å². The molecule has 0 atom stereocenters. The topological polar surface area (TPSA) is 72.3 Å². The van der Waals surface area contributed by atoms with Crippen LogP contribution in [0.1, 0.15) is 53.7 Å². The average Bonchev–Trinajstić information content (AvgIpc) is 3.13. The van der Waals surface area contributed by atoms with E-state index >= 15 is 0 Å². The first-order valence-electron chi connectivity index (χ1n) is 12.7. The first kappa shape index (κ1) is 23.7. The van der Waals surface area contributed by atoms with Crippen LogP contribution in [0.15, 0.2) is 36.5 Å². The zero-order valence-electron chi connectivity index (χ0n) is 20.4. The summed E-state index contributed by atoms with van der Waals surface area (Å²) in [7, 11) is 1.88. The Balaban J connectivity index is 1.07. The van der Waals surface area contributed by atoms with Crippen molar-refractivity contribution in [2.75, 3.05) is 26.5 Å². The molecule has 0 bridgehead atoms. The van der Waals surface area contributed by atoms with Gasteiger partial charge in [-0.25, -0.2) is 9.37 Å². The van der Waals surface area contributed by atoms with Crippen molar-refractivity contribution in [1.82, 2.24) is 25.0 Å². The quantitative estimate of drug-likeness (QED) is 0.554. The maximum absolute atomic E-state index is 12.9. The Kier molecular flexibility index (Phi) is 7.27. The van der Waals surface area contributed by atoms with Crippen molar-refractivity contribution in [2.45, 2.75) is 51.0 Å². The molecule has 8 heteroatoms. The first-order chi connectivity index (χ1) is 17.1. The lowest BCUT2D eigenvalue weighted by Crippen LogP contribution is -2.38. The zero-order valence-corrected chi connectivity index (χ0v) is 20.4. The van der Waals surface area contributed by atoms with Gasteiger partial charge in [0.1, 0.15) is 0 Å². The molecule has 0 radical (unpaired) electrons. The number of aryl methyl sites for hydroxylation is 1. The van der Waals surface area contributed by atoms with Crippen LogP contribution >= 0.6 is 0 Å². The molecule has 5 rings (SSSR count). The number of carbonyl (C=O) groups excluding carboxylic acids is 1. The van der Waals surface area contributed by atoms with Crippen LogP contribution in [0.25, 0.3) is 10.9 Å². The molecule has 1 aliphatic carbocycles. The van der Waals surface area contributed by atoms with Crippen molar-refractivity contribution >= 4 is 16.8 Å². The zero-order chi connectivity index (χ0) is 24.2. The van der Waals surface area contributed by atoms with E-state index in [2.05, 4.69) is 20.3 Å². The molecular formula is C27H34FN5O2. The number of ether oxygens (including phenoxy) is 1. The van der Waals surface area contributed by atoms with E-state index in [1.807, 2.05) is 37.5 Å². The number of halogens is 1. The molecule has 35 heavy (non-hydrogen) atoms. The van der Waals surface area contributed by atoms with Crippen LogP contribution in [0.2, 0.25) is 0 Å². The van der Waals surface area contributed by atoms with Crippen molar-refractivity contribution < 1.29 is 13.9 Å². The van der Waals surface area contributed by atoms with Gasteiger partial charge in [0, 0.05) is 55.9 Å². The van der Waals surface area contributed by atoms with Crippen LogP contribution in [-0.4, -0.2) is 58.1 Å². The minimum absolute atomic E-state index is 0.00450. The van der Waals surface area contributed by atoms with E-state index in [0.29, 0.717) is 17.4 Å². The summed E-state index contributed by atoms with van der Waals surface area (Å²) in [6, 6.07) is 9.76. The van der Waals surface area contributed by atoms with Gasteiger partial charge in [0.15, 0.2) is 0 Å². The SMILES string of the molecule is Cn1cc2c(C(=O)NC3CCC(CCN4CCc5ccc(OCF)nc5CC4)CC3)cccc2n1. The Morgan fingerprint density at radius 1 is 1.14 bits per heavy atom. The Hall–Kier alpha value is -3.00. The Labute approximate surface area is 205 Å². The summed E-state index contributed by atoms with van der Waals surface area (Å²) in [4.78, 5) is 20.0. The summed E-state index contributed by atoms with van der Waals surface area (Å²) in [5, 5.41) is 8.58. The second-order valence-corrected chi connectivity index (χ2v) is 9.87. The van der Waals surface area contributed by atoms with Gasteiger partial charge in [-0.3, -0.25) is 9.48 Å². The maximum atomic E-state index is 12.9. The van der Waals surface area contributed by atoms with Gasteiger partial charge in [-0.05, 0) is 68.7 Å². The van der Waals surface area contributed by atoms with Crippen LogP contribution < -0.4 is 10.1 Å². The Bertz CT molecular complexity index is 1170. The highest BCUT2D eigenvalue weighted by Gasteiger charge is 2.24. The van der Waals surface area contributed by atoms with E-state index in [4.69, 9.17) is 4.74 Å². The molecular weight excluding hydrogens is 445 g/mol. The molecule has 0 saturated heterocycles.